The Bertz CT molecular complexity index is 960. The van der Waals surface area contributed by atoms with Crippen molar-refractivity contribution < 1.29 is 24.5 Å². The zero-order valence-electron chi connectivity index (χ0n) is 18.4. The highest BCUT2D eigenvalue weighted by molar-refractivity contribution is 9.11. The summed E-state index contributed by atoms with van der Waals surface area (Å²) in [6.07, 6.45) is 2.36. The smallest absolute Gasteiger partial charge is 0.326 e. The molecule has 0 heterocycles. The molecule has 0 aliphatic heterocycles. The molecule has 0 aliphatic carbocycles. The highest BCUT2D eigenvalue weighted by Crippen LogP contribution is 2.39. The molecule has 0 radical (unpaired) electrons. The van der Waals surface area contributed by atoms with E-state index in [1.807, 2.05) is 20.1 Å². The van der Waals surface area contributed by atoms with Crippen molar-refractivity contribution in [3.63, 3.8) is 0 Å². The number of hydrogen-bond acceptors (Lipinski definition) is 5. The van der Waals surface area contributed by atoms with E-state index in [1.165, 1.54) is 11.9 Å². The summed E-state index contributed by atoms with van der Waals surface area (Å²) in [5, 5.41) is 19.5. The molecule has 1 amide bonds. The van der Waals surface area contributed by atoms with Crippen LogP contribution in [0.25, 0.3) is 0 Å². The molecule has 0 spiro atoms. The number of carbonyl (C=O) groups excluding carboxylic acids is 1. The Hall–Kier alpha value is -1.71. The van der Waals surface area contributed by atoms with Gasteiger partial charge >= 0.3 is 5.97 Å². The number of aliphatic carboxylic acids is 1. The molecule has 0 fully saturated rings. The van der Waals surface area contributed by atoms with E-state index in [1.54, 1.807) is 42.1 Å². The number of carbonyl (C=O) groups is 2. The zero-order chi connectivity index (χ0) is 24.0. The minimum Gasteiger partial charge on any atom is -0.508 e. The van der Waals surface area contributed by atoms with Gasteiger partial charge in [-0.05, 0) is 92.1 Å². The maximum Gasteiger partial charge on any atom is 0.326 e. The number of carboxylic acid groups (broad SMARTS) is 1. The largest absolute Gasteiger partial charge is 0.508 e. The van der Waals surface area contributed by atoms with Crippen LogP contribution in [0.2, 0.25) is 0 Å². The van der Waals surface area contributed by atoms with Crippen LogP contribution >= 0.6 is 43.6 Å². The Morgan fingerprint density at radius 1 is 1.16 bits per heavy atom. The van der Waals surface area contributed by atoms with Gasteiger partial charge in [-0.1, -0.05) is 13.8 Å². The summed E-state index contributed by atoms with van der Waals surface area (Å²) in [4.78, 5) is 25.6. The molecule has 32 heavy (non-hydrogen) atoms. The van der Waals surface area contributed by atoms with E-state index in [-0.39, 0.29) is 24.0 Å². The lowest BCUT2D eigenvalue weighted by Crippen LogP contribution is -2.43. The molecule has 6 nitrogen and oxygen atoms in total. The number of halogens is 2. The lowest BCUT2D eigenvalue weighted by Gasteiger charge is -2.25. The topological polar surface area (TPSA) is 87.1 Å². The maximum absolute atomic E-state index is 12.7. The summed E-state index contributed by atoms with van der Waals surface area (Å²) in [6, 6.07) is 7.80. The average Bonchev–Trinajstić information content (AvgIpc) is 2.71. The highest BCUT2D eigenvalue weighted by Gasteiger charge is 2.26. The number of thioether (sulfide) groups is 1. The van der Waals surface area contributed by atoms with Crippen molar-refractivity contribution in [3.05, 3.63) is 50.4 Å². The second-order valence-corrected chi connectivity index (χ2v) is 10.4. The van der Waals surface area contributed by atoms with E-state index in [0.717, 1.165) is 11.1 Å². The van der Waals surface area contributed by atoms with Gasteiger partial charge in [0, 0.05) is 12.6 Å². The van der Waals surface area contributed by atoms with Gasteiger partial charge in [-0.2, -0.15) is 11.8 Å². The van der Waals surface area contributed by atoms with Gasteiger partial charge in [0.2, 0.25) is 5.91 Å². The third-order valence-electron chi connectivity index (χ3n) is 5.00. The fourth-order valence-corrected chi connectivity index (χ4v) is 5.08. The Kier molecular flexibility index (Phi) is 9.91. The van der Waals surface area contributed by atoms with Gasteiger partial charge in [0.05, 0.1) is 15.4 Å². The van der Waals surface area contributed by atoms with E-state index >= 15 is 0 Å². The summed E-state index contributed by atoms with van der Waals surface area (Å²) in [7, 11) is 1.53. The Balaban J connectivity index is 2.19. The Labute approximate surface area is 209 Å². The number of rotatable bonds is 10. The number of amides is 1. The fraction of sp³-hybridized carbons (Fsp3) is 0.391. The number of benzene rings is 2. The van der Waals surface area contributed by atoms with E-state index in [0.29, 0.717) is 32.6 Å². The average molecular weight is 589 g/mol. The van der Waals surface area contributed by atoms with Gasteiger partial charge in [-0.3, -0.25) is 4.79 Å². The summed E-state index contributed by atoms with van der Waals surface area (Å²) in [6.45, 7) is 3.98. The molecule has 0 bridgehead atoms. The zero-order valence-corrected chi connectivity index (χ0v) is 22.4. The maximum atomic E-state index is 12.7. The highest BCUT2D eigenvalue weighted by atomic mass is 79.9. The molecule has 0 saturated carbocycles. The molecule has 9 heteroatoms. The van der Waals surface area contributed by atoms with Crippen LogP contribution in [0.15, 0.2) is 39.3 Å². The predicted molar refractivity (Wildman–Crippen MR) is 135 cm³/mol. The van der Waals surface area contributed by atoms with E-state index in [2.05, 4.69) is 31.9 Å². The SMILES string of the molecule is CSCC[C@@H](C(=O)O)N(C)C(=O)Cc1cc(Br)c(Oc2ccc(O)c(C(C)C)c2)c(Br)c1. The minimum absolute atomic E-state index is 0.0632. The monoisotopic (exact) mass is 587 g/mol. The van der Waals surface area contributed by atoms with Crippen LogP contribution in [0.1, 0.15) is 37.3 Å². The first-order chi connectivity index (χ1) is 15.0. The van der Waals surface area contributed by atoms with Gasteiger partial charge in [0.15, 0.2) is 5.75 Å². The van der Waals surface area contributed by atoms with Crippen LogP contribution in [-0.2, 0) is 16.0 Å². The van der Waals surface area contributed by atoms with Gasteiger partial charge in [0.25, 0.3) is 0 Å². The van der Waals surface area contributed by atoms with Crippen molar-refractivity contribution in [1.29, 1.82) is 0 Å². The van der Waals surface area contributed by atoms with Gasteiger partial charge < -0.3 is 19.8 Å². The van der Waals surface area contributed by atoms with Crippen molar-refractivity contribution in [1.82, 2.24) is 4.90 Å². The number of ether oxygens (including phenoxy) is 1. The van der Waals surface area contributed by atoms with Crippen molar-refractivity contribution in [3.8, 4) is 17.2 Å². The Morgan fingerprint density at radius 2 is 1.78 bits per heavy atom. The van der Waals surface area contributed by atoms with Crippen LogP contribution in [-0.4, -0.2) is 52.1 Å². The van der Waals surface area contributed by atoms with Gasteiger partial charge in [0.1, 0.15) is 17.5 Å². The number of phenols is 1. The van der Waals surface area contributed by atoms with Crippen LogP contribution in [0, 0.1) is 0 Å². The number of hydrogen-bond donors (Lipinski definition) is 2. The van der Waals surface area contributed by atoms with Crippen molar-refractivity contribution in [2.24, 2.45) is 0 Å². The number of aromatic hydroxyl groups is 1. The van der Waals surface area contributed by atoms with E-state index < -0.39 is 12.0 Å². The lowest BCUT2D eigenvalue weighted by atomic mass is 10.0. The first kappa shape index (κ1) is 26.5. The second kappa shape index (κ2) is 12.0. The van der Waals surface area contributed by atoms with Crippen LogP contribution in [0.5, 0.6) is 17.2 Å². The third kappa shape index (κ3) is 6.89. The molecule has 2 N–H and O–H groups in total. The minimum atomic E-state index is -1.00. The molecular formula is C23H27Br2NO5S. The standard InChI is InChI=1S/C23H27Br2NO5S/c1-13(2)16-12-15(5-6-20(16)27)31-22-17(24)9-14(10-18(22)25)11-21(28)26(3)19(23(29)30)7-8-32-4/h5-6,9-10,12-13,19,27H,7-8,11H2,1-4H3,(H,29,30)/t19-/m0/s1. The van der Waals surface area contributed by atoms with E-state index in [9.17, 15) is 19.8 Å². The van der Waals surface area contributed by atoms with Crippen LogP contribution in [0.3, 0.4) is 0 Å². The molecule has 2 rings (SSSR count). The van der Waals surface area contributed by atoms with Crippen molar-refractivity contribution in [2.75, 3.05) is 19.1 Å². The molecule has 0 saturated heterocycles. The summed E-state index contributed by atoms with van der Waals surface area (Å²) < 4.78 is 7.32. The number of likely N-dealkylation sites (N-methyl/N-ethyl adjacent to an activating group) is 1. The number of carboxylic acids is 1. The number of phenolic OH excluding ortho intramolecular Hbond substituents is 1. The summed E-state index contributed by atoms with van der Waals surface area (Å²) >= 11 is 8.56. The molecule has 0 aromatic heterocycles. The van der Waals surface area contributed by atoms with Gasteiger partial charge in [-0.15, -0.1) is 0 Å². The number of nitrogens with zero attached hydrogens (tertiary/aromatic N) is 1. The fourth-order valence-electron chi connectivity index (χ4n) is 3.17. The Morgan fingerprint density at radius 3 is 2.31 bits per heavy atom. The second-order valence-electron chi connectivity index (χ2n) is 7.68. The van der Waals surface area contributed by atoms with Gasteiger partial charge in [-0.25, -0.2) is 4.79 Å². The normalized spacial score (nSPS) is 12.0. The molecular weight excluding hydrogens is 562 g/mol. The molecule has 0 unspecified atom stereocenters. The summed E-state index contributed by atoms with van der Waals surface area (Å²) in [5.41, 5.74) is 1.50. The van der Waals surface area contributed by atoms with Crippen molar-refractivity contribution >= 4 is 55.5 Å². The molecule has 174 valence electrons. The van der Waals surface area contributed by atoms with E-state index in [4.69, 9.17) is 4.74 Å². The molecule has 2 aromatic carbocycles. The predicted octanol–water partition coefficient (Wildman–Crippen LogP) is 6.04. The third-order valence-corrected chi connectivity index (χ3v) is 6.82. The van der Waals surface area contributed by atoms with Crippen LogP contribution < -0.4 is 4.74 Å². The van der Waals surface area contributed by atoms with Crippen molar-refractivity contribution in [2.45, 2.75) is 38.6 Å². The molecule has 0 aliphatic rings. The molecule has 2 aromatic rings. The van der Waals surface area contributed by atoms with Crippen LogP contribution in [0.4, 0.5) is 0 Å². The summed E-state index contributed by atoms with van der Waals surface area (Å²) in [5.74, 6) is 0.865. The lowest BCUT2D eigenvalue weighted by molar-refractivity contribution is -0.148. The quantitative estimate of drug-likeness (QED) is 0.352. The molecule has 1 atom stereocenters. The first-order valence-electron chi connectivity index (χ1n) is 10.0. The first-order valence-corrected chi connectivity index (χ1v) is 13.0.